The molecule has 0 saturated carbocycles. The van der Waals surface area contributed by atoms with Crippen molar-refractivity contribution in [1.82, 2.24) is 34.6 Å². The molecule has 0 radical (unpaired) electrons. The van der Waals surface area contributed by atoms with Crippen molar-refractivity contribution in [2.45, 2.75) is 69.9 Å². The first-order chi connectivity index (χ1) is 30.4. The van der Waals surface area contributed by atoms with Gasteiger partial charge in [-0.25, -0.2) is 23.5 Å². The molecule has 4 N–H and O–H groups in total. The Balaban J connectivity index is 0.000000200. The van der Waals surface area contributed by atoms with Crippen molar-refractivity contribution in [3.8, 4) is 17.6 Å². The fourth-order valence-corrected chi connectivity index (χ4v) is 8.07. The zero-order valence-corrected chi connectivity index (χ0v) is 36.5. The minimum Gasteiger partial charge on any atom is -0.508 e. The SMILES string of the molecule is CCN(CCCC#Cc1ccc(F)c(C(OC2CCN(C)CC2)c2nc3ccc(F)cc3[nH]2)c1)C(=O)O.CN1CCC(OC(c2nc3ccccc3[nH]2)c2cc(Cl)ccc2O)CC1. The first kappa shape index (κ1) is 45.5. The summed E-state index contributed by atoms with van der Waals surface area (Å²) in [7, 11) is 4.18. The predicted octanol–water partition coefficient (Wildman–Crippen LogP) is 9.30. The van der Waals surface area contributed by atoms with Gasteiger partial charge in [-0.15, -0.1) is 0 Å². The first-order valence-electron chi connectivity index (χ1n) is 21.5. The van der Waals surface area contributed by atoms with E-state index in [2.05, 4.69) is 50.7 Å². The van der Waals surface area contributed by atoms with Crippen LogP contribution in [0.15, 0.2) is 78.9 Å². The number of ether oxygens (including phenoxy) is 2. The molecular weight excluding hydrogens is 828 g/mol. The highest BCUT2D eigenvalue weighted by Gasteiger charge is 2.30. The molecule has 2 aliphatic rings. The van der Waals surface area contributed by atoms with Gasteiger partial charge < -0.3 is 44.4 Å². The third-order valence-corrected chi connectivity index (χ3v) is 11.8. The average molecular weight is 882 g/mol. The molecule has 63 heavy (non-hydrogen) atoms. The molecule has 2 aliphatic heterocycles. The van der Waals surface area contributed by atoms with Crippen LogP contribution in [0.4, 0.5) is 13.6 Å². The number of benzene rings is 4. The number of unbranched alkanes of at least 4 members (excludes halogenated alkanes) is 1. The number of carbonyl (C=O) groups is 1. The monoisotopic (exact) mass is 881 g/mol. The lowest BCUT2D eigenvalue weighted by Crippen LogP contribution is -2.35. The van der Waals surface area contributed by atoms with Crippen LogP contribution in [0.2, 0.25) is 5.02 Å². The van der Waals surface area contributed by atoms with Crippen LogP contribution >= 0.6 is 11.6 Å². The number of imidazole rings is 2. The maximum atomic E-state index is 15.2. The number of phenolic OH excluding ortho intramolecular Hbond substituents is 1. The maximum Gasteiger partial charge on any atom is 0.407 e. The Hall–Kier alpha value is -5.56. The van der Waals surface area contributed by atoms with Gasteiger partial charge in [-0.1, -0.05) is 35.6 Å². The summed E-state index contributed by atoms with van der Waals surface area (Å²) >= 11 is 6.18. The van der Waals surface area contributed by atoms with Crippen LogP contribution in [0, 0.1) is 23.5 Å². The summed E-state index contributed by atoms with van der Waals surface area (Å²) < 4.78 is 41.9. The van der Waals surface area contributed by atoms with Crippen molar-refractivity contribution in [3.05, 3.63) is 124 Å². The molecule has 4 aromatic carbocycles. The number of aromatic amines is 2. The number of para-hydroxylation sites is 2. The van der Waals surface area contributed by atoms with Crippen LogP contribution in [0.1, 0.15) is 86.0 Å². The number of halogens is 3. The Morgan fingerprint density at radius 2 is 1.46 bits per heavy atom. The number of aromatic hydroxyl groups is 1. The third-order valence-electron chi connectivity index (χ3n) is 11.5. The summed E-state index contributed by atoms with van der Waals surface area (Å²) in [4.78, 5) is 32.7. The van der Waals surface area contributed by atoms with Gasteiger partial charge in [-0.2, -0.15) is 0 Å². The number of rotatable bonds is 12. The van der Waals surface area contributed by atoms with E-state index in [9.17, 15) is 14.3 Å². The van der Waals surface area contributed by atoms with E-state index in [1.54, 1.807) is 43.3 Å². The second-order valence-electron chi connectivity index (χ2n) is 16.2. The van der Waals surface area contributed by atoms with Crippen LogP contribution in [0.3, 0.4) is 0 Å². The Bertz CT molecular complexity index is 2510. The van der Waals surface area contributed by atoms with E-state index < -0.39 is 24.1 Å². The summed E-state index contributed by atoms with van der Waals surface area (Å²) in [6.07, 6.45) is 2.46. The number of aromatic nitrogens is 4. The van der Waals surface area contributed by atoms with Gasteiger partial charge in [-0.05, 0) is 120 Å². The van der Waals surface area contributed by atoms with E-state index in [4.69, 9.17) is 31.2 Å². The first-order valence-corrected chi connectivity index (χ1v) is 21.8. The van der Waals surface area contributed by atoms with Gasteiger partial charge in [0, 0.05) is 67.4 Å². The molecule has 1 amide bonds. The number of hydrogen-bond acceptors (Lipinski definition) is 8. The molecule has 2 atom stereocenters. The van der Waals surface area contributed by atoms with Gasteiger partial charge in [0.2, 0.25) is 0 Å². The summed E-state index contributed by atoms with van der Waals surface area (Å²) in [5, 5.41) is 20.1. The smallest absolute Gasteiger partial charge is 0.407 e. The zero-order valence-electron chi connectivity index (χ0n) is 35.8. The van der Waals surface area contributed by atoms with E-state index in [0.29, 0.717) is 70.3 Å². The van der Waals surface area contributed by atoms with Crippen molar-refractivity contribution in [2.24, 2.45) is 0 Å². The molecule has 12 nitrogen and oxygen atoms in total. The van der Waals surface area contributed by atoms with Gasteiger partial charge >= 0.3 is 6.09 Å². The van der Waals surface area contributed by atoms with Gasteiger partial charge in [0.25, 0.3) is 0 Å². The van der Waals surface area contributed by atoms with Gasteiger partial charge in [0.05, 0.1) is 34.3 Å². The maximum absolute atomic E-state index is 15.2. The average Bonchev–Trinajstić information content (AvgIpc) is 3.90. The normalized spacial score (nSPS) is 16.3. The van der Waals surface area contributed by atoms with Crippen LogP contribution in [0.25, 0.3) is 22.1 Å². The molecule has 0 spiro atoms. The predicted molar refractivity (Wildman–Crippen MR) is 240 cm³/mol. The summed E-state index contributed by atoms with van der Waals surface area (Å²) in [6, 6.07) is 21.8. The fourth-order valence-electron chi connectivity index (χ4n) is 7.89. The summed E-state index contributed by atoms with van der Waals surface area (Å²) in [5.74, 6) is 6.55. The number of likely N-dealkylation sites (tertiary alicyclic amines) is 2. The fraction of sp³-hybridized carbons (Fsp3) is 0.396. The number of hydrogen-bond donors (Lipinski definition) is 4. The number of nitrogens with zero attached hydrogens (tertiary/aromatic N) is 5. The molecule has 15 heteroatoms. The lowest BCUT2D eigenvalue weighted by atomic mass is 10.0. The minimum absolute atomic E-state index is 0.0731. The molecule has 2 fully saturated rings. The van der Waals surface area contributed by atoms with E-state index in [1.165, 1.54) is 23.1 Å². The molecule has 0 bridgehead atoms. The lowest BCUT2D eigenvalue weighted by Gasteiger charge is -2.31. The molecule has 0 aliphatic carbocycles. The Morgan fingerprint density at radius 1 is 0.841 bits per heavy atom. The molecule has 6 aromatic rings. The Labute approximate surface area is 371 Å². The van der Waals surface area contributed by atoms with Crippen molar-refractivity contribution < 1.29 is 33.3 Å². The summed E-state index contributed by atoms with van der Waals surface area (Å²) in [5.41, 5.74) is 4.49. The number of phenols is 1. The van der Waals surface area contributed by atoms with Crippen molar-refractivity contribution >= 4 is 39.8 Å². The molecule has 2 saturated heterocycles. The second-order valence-corrected chi connectivity index (χ2v) is 16.6. The van der Waals surface area contributed by atoms with Crippen LogP contribution < -0.4 is 0 Å². The highest BCUT2D eigenvalue weighted by atomic mass is 35.5. The Morgan fingerprint density at radius 3 is 2.10 bits per heavy atom. The third kappa shape index (κ3) is 11.9. The van der Waals surface area contributed by atoms with Crippen molar-refractivity contribution in [2.75, 3.05) is 53.4 Å². The zero-order chi connectivity index (χ0) is 44.5. The topological polar surface area (TPSA) is 143 Å². The van der Waals surface area contributed by atoms with Gasteiger partial charge in [-0.3, -0.25) is 0 Å². The minimum atomic E-state index is -0.942. The molecule has 2 aromatic heterocycles. The number of amides is 1. The highest BCUT2D eigenvalue weighted by molar-refractivity contribution is 6.30. The summed E-state index contributed by atoms with van der Waals surface area (Å²) in [6.45, 7) is 6.40. The van der Waals surface area contributed by atoms with Crippen molar-refractivity contribution in [1.29, 1.82) is 0 Å². The Kier molecular flexibility index (Phi) is 15.3. The quantitative estimate of drug-likeness (QED) is 0.0699. The highest BCUT2D eigenvalue weighted by Crippen LogP contribution is 2.36. The van der Waals surface area contributed by atoms with E-state index in [1.807, 2.05) is 24.3 Å². The molecule has 4 heterocycles. The van der Waals surface area contributed by atoms with Crippen LogP contribution in [0.5, 0.6) is 5.75 Å². The second kappa shape index (κ2) is 21.2. The van der Waals surface area contributed by atoms with Gasteiger partial charge in [0.1, 0.15) is 41.2 Å². The largest absolute Gasteiger partial charge is 0.508 e. The number of nitrogens with one attached hydrogen (secondary N) is 2. The molecule has 332 valence electrons. The molecule has 8 rings (SSSR count). The van der Waals surface area contributed by atoms with Crippen LogP contribution in [-0.2, 0) is 9.47 Å². The lowest BCUT2D eigenvalue weighted by molar-refractivity contribution is -0.0276. The number of fused-ring (bicyclic) bond motifs is 2. The number of piperidine rings is 2. The van der Waals surface area contributed by atoms with E-state index >= 15 is 4.39 Å². The van der Waals surface area contributed by atoms with E-state index in [0.717, 1.165) is 62.9 Å². The van der Waals surface area contributed by atoms with Crippen molar-refractivity contribution in [3.63, 3.8) is 0 Å². The molecule has 2 unspecified atom stereocenters. The standard InChI is InChI=1S/C28H32F2N4O3.C20H22ClN3O2/c1-3-34(28(35)36)14-6-4-5-7-19-8-10-23(30)22(17-19)26(37-21-12-15-33(2)16-13-21)27-31-24-11-9-20(29)18-25(24)32-27;1-24-10-8-14(9-11-24)26-19(15-12-13(21)6-7-18(15)25)20-22-16-4-2-3-5-17(16)23-20/h8-11,17-18,21,26H,3-4,6,12-16H2,1-2H3,(H,31,32)(H,35,36);2-7,12,14,19,25H,8-11H2,1H3,(H,22,23). The number of H-pyrrole nitrogens is 2. The van der Waals surface area contributed by atoms with E-state index in [-0.39, 0.29) is 23.8 Å². The van der Waals surface area contributed by atoms with Crippen LogP contribution in [-0.4, -0.2) is 117 Å². The molecular formula is C48H54ClF2N7O5. The number of carboxylic acid groups (broad SMARTS) is 1. The van der Waals surface area contributed by atoms with Gasteiger partial charge in [0.15, 0.2) is 0 Å².